The van der Waals surface area contributed by atoms with Crippen molar-refractivity contribution in [3.05, 3.63) is 0 Å². The minimum atomic E-state index is -0.475. The van der Waals surface area contributed by atoms with Crippen LogP contribution in [0.3, 0.4) is 0 Å². The Labute approximate surface area is 191 Å². The van der Waals surface area contributed by atoms with Gasteiger partial charge in [0.15, 0.2) is 0 Å². The number of rotatable bonds is 10. The summed E-state index contributed by atoms with van der Waals surface area (Å²) in [5.41, 5.74) is 0. The molecule has 2 unspecified atom stereocenters. The van der Waals surface area contributed by atoms with Crippen LogP contribution in [0.1, 0.15) is 123 Å². The number of esters is 1. The SMILES string of the molecule is CCCCCOC(=O)C1CCC(C2CCC(C3CCC(CCCC)CC3)CC2)CC1=O. The van der Waals surface area contributed by atoms with Crippen molar-refractivity contribution >= 4 is 11.8 Å². The minimum absolute atomic E-state index is 0.157. The molecule has 0 aliphatic heterocycles. The Morgan fingerprint density at radius 1 is 0.742 bits per heavy atom. The fourth-order valence-electron chi connectivity index (χ4n) is 6.85. The number of carbonyl (C=O) groups excluding carboxylic acids is 2. The zero-order chi connectivity index (χ0) is 22.1. The summed E-state index contributed by atoms with van der Waals surface area (Å²) in [5.74, 6) is 3.57. The van der Waals surface area contributed by atoms with E-state index in [1.807, 2.05) is 0 Å². The number of ether oxygens (including phenoxy) is 1. The highest BCUT2D eigenvalue weighted by atomic mass is 16.5. The lowest BCUT2D eigenvalue weighted by atomic mass is 9.64. The zero-order valence-electron chi connectivity index (χ0n) is 20.4. The predicted molar refractivity (Wildman–Crippen MR) is 127 cm³/mol. The van der Waals surface area contributed by atoms with Crippen LogP contribution in [0, 0.1) is 35.5 Å². The number of unbranched alkanes of at least 4 members (excludes halogenated alkanes) is 3. The number of Topliss-reactive ketones (excluding diaryl/α,β-unsaturated/α-hetero) is 1. The molecule has 31 heavy (non-hydrogen) atoms. The van der Waals surface area contributed by atoms with E-state index >= 15 is 0 Å². The molecular weight excluding hydrogens is 384 g/mol. The molecule has 3 aliphatic rings. The highest BCUT2D eigenvalue weighted by molar-refractivity contribution is 5.99. The fraction of sp³-hybridized carbons (Fsp3) is 0.929. The van der Waals surface area contributed by atoms with Crippen LogP contribution >= 0.6 is 0 Å². The molecule has 0 radical (unpaired) electrons. The van der Waals surface area contributed by atoms with E-state index < -0.39 is 5.92 Å². The maximum atomic E-state index is 12.7. The van der Waals surface area contributed by atoms with Gasteiger partial charge in [0.25, 0.3) is 0 Å². The molecule has 3 heteroatoms. The van der Waals surface area contributed by atoms with E-state index in [-0.39, 0.29) is 11.8 Å². The standard InChI is InChI=1S/C28H48O3/c1-3-5-7-19-31-28(30)26-18-17-25(20-27(26)29)24-15-13-23(14-16-24)22-11-9-21(10-12-22)8-6-4-2/h21-26H,3-20H2,1-2H3. The van der Waals surface area contributed by atoms with E-state index in [0.29, 0.717) is 24.9 Å². The highest BCUT2D eigenvalue weighted by Crippen LogP contribution is 2.46. The summed E-state index contributed by atoms with van der Waals surface area (Å²) in [5, 5.41) is 0. The van der Waals surface area contributed by atoms with E-state index in [1.54, 1.807) is 0 Å². The molecule has 0 heterocycles. The van der Waals surface area contributed by atoms with Crippen LogP contribution in [0.2, 0.25) is 0 Å². The Bertz CT molecular complexity index is 540. The third kappa shape index (κ3) is 7.32. The molecule has 0 saturated heterocycles. The van der Waals surface area contributed by atoms with Gasteiger partial charge in [0.05, 0.1) is 6.61 Å². The van der Waals surface area contributed by atoms with E-state index in [4.69, 9.17) is 4.74 Å². The second kappa shape index (κ2) is 13.0. The van der Waals surface area contributed by atoms with Gasteiger partial charge < -0.3 is 4.74 Å². The van der Waals surface area contributed by atoms with Gasteiger partial charge in [0, 0.05) is 6.42 Å². The monoisotopic (exact) mass is 432 g/mol. The molecule has 0 aromatic heterocycles. The van der Waals surface area contributed by atoms with Crippen LogP contribution in [-0.4, -0.2) is 18.4 Å². The largest absolute Gasteiger partial charge is 0.465 e. The van der Waals surface area contributed by atoms with Crippen LogP contribution in [-0.2, 0) is 14.3 Å². The van der Waals surface area contributed by atoms with Crippen LogP contribution in [0.5, 0.6) is 0 Å². The molecule has 3 rings (SSSR count). The highest BCUT2D eigenvalue weighted by Gasteiger charge is 2.39. The average Bonchev–Trinajstić information content (AvgIpc) is 2.81. The van der Waals surface area contributed by atoms with E-state index in [1.165, 1.54) is 70.6 Å². The predicted octanol–water partition coefficient (Wildman–Crippen LogP) is 7.51. The Morgan fingerprint density at radius 3 is 1.87 bits per heavy atom. The molecule has 0 N–H and O–H groups in total. The molecule has 3 aliphatic carbocycles. The van der Waals surface area contributed by atoms with Crippen LogP contribution in [0.4, 0.5) is 0 Å². The number of carbonyl (C=O) groups is 2. The van der Waals surface area contributed by atoms with E-state index in [2.05, 4.69) is 13.8 Å². The summed E-state index contributed by atoms with van der Waals surface area (Å²) < 4.78 is 5.39. The molecule has 0 aromatic carbocycles. The van der Waals surface area contributed by atoms with Gasteiger partial charge in [-0.25, -0.2) is 0 Å². The summed E-state index contributed by atoms with van der Waals surface area (Å²) in [6.45, 7) is 4.92. The number of ketones is 1. The number of hydrogen-bond donors (Lipinski definition) is 0. The number of hydrogen-bond acceptors (Lipinski definition) is 3. The van der Waals surface area contributed by atoms with Gasteiger partial charge >= 0.3 is 5.97 Å². The van der Waals surface area contributed by atoms with Crippen LogP contribution in [0.15, 0.2) is 0 Å². The molecule has 3 nitrogen and oxygen atoms in total. The normalized spacial score (nSPS) is 34.5. The molecule has 0 bridgehead atoms. The lowest BCUT2D eigenvalue weighted by molar-refractivity contribution is -0.154. The zero-order valence-corrected chi connectivity index (χ0v) is 20.4. The summed E-state index contributed by atoms with van der Waals surface area (Å²) >= 11 is 0. The maximum absolute atomic E-state index is 12.7. The first-order valence-electron chi connectivity index (χ1n) is 13.8. The fourth-order valence-corrected chi connectivity index (χ4v) is 6.85. The molecule has 3 fully saturated rings. The summed E-state index contributed by atoms with van der Waals surface area (Å²) in [7, 11) is 0. The molecule has 0 spiro atoms. The Morgan fingerprint density at radius 2 is 1.29 bits per heavy atom. The summed E-state index contributed by atoms with van der Waals surface area (Å²) in [4.78, 5) is 25.0. The van der Waals surface area contributed by atoms with Gasteiger partial charge in [0.2, 0.25) is 0 Å². The van der Waals surface area contributed by atoms with Gasteiger partial charge in [-0.15, -0.1) is 0 Å². The molecule has 178 valence electrons. The van der Waals surface area contributed by atoms with E-state index in [9.17, 15) is 9.59 Å². The van der Waals surface area contributed by atoms with Crippen molar-refractivity contribution in [2.45, 2.75) is 123 Å². The lowest BCUT2D eigenvalue weighted by Gasteiger charge is -2.41. The van der Waals surface area contributed by atoms with Crippen molar-refractivity contribution in [2.24, 2.45) is 35.5 Å². The first kappa shape index (κ1) is 24.8. The minimum Gasteiger partial charge on any atom is -0.465 e. The van der Waals surface area contributed by atoms with Crippen molar-refractivity contribution < 1.29 is 14.3 Å². The lowest BCUT2D eigenvalue weighted by Crippen LogP contribution is -2.36. The smallest absolute Gasteiger partial charge is 0.316 e. The molecule has 3 saturated carbocycles. The van der Waals surface area contributed by atoms with Gasteiger partial charge in [-0.3, -0.25) is 9.59 Å². The third-order valence-corrected chi connectivity index (χ3v) is 8.96. The molecule has 0 amide bonds. The van der Waals surface area contributed by atoms with Gasteiger partial charge in [-0.05, 0) is 87.4 Å². The Hall–Kier alpha value is -0.860. The van der Waals surface area contributed by atoms with E-state index in [0.717, 1.165) is 49.9 Å². The second-order valence-electron chi connectivity index (χ2n) is 11.0. The van der Waals surface area contributed by atoms with Crippen molar-refractivity contribution in [1.29, 1.82) is 0 Å². The van der Waals surface area contributed by atoms with Crippen molar-refractivity contribution in [3.8, 4) is 0 Å². The first-order valence-corrected chi connectivity index (χ1v) is 13.8. The second-order valence-corrected chi connectivity index (χ2v) is 11.0. The Kier molecular flexibility index (Phi) is 10.4. The van der Waals surface area contributed by atoms with Crippen molar-refractivity contribution in [1.82, 2.24) is 0 Å². The van der Waals surface area contributed by atoms with Gasteiger partial charge in [-0.1, -0.05) is 58.8 Å². The first-order chi connectivity index (χ1) is 15.1. The molecule has 0 aromatic rings. The van der Waals surface area contributed by atoms with Crippen LogP contribution in [0.25, 0.3) is 0 Å². The molecular formula is C28H48O3. The van der Waals surface area contributed by atoms with Gasteiger partial charge in [0.1, 0.15) is 11.7 Å². The summed E-state index contributed by atoms with van der Waals surface area (Å²) in [6, 6.07) is 0. The maximum Gasteiger partial charge on any atom is 0.316 e. The van der Waals surface area contributed by atoms with Crippen molar-refractivity contribution in [2.75, 3.05) is 6.61 Å². The van der Waals surface area contributed by atoms with Crippen molar-refractivity contribution in [3.63, 3.8) is 0 Å². The van der Waals surface area contributed by atoms with Crippen LogP contribution < -0.4 is 0 Å². The van der Waals surface area contributed by atoms with Gasteiger partial charge in [-0.2, -0.15) is 0 Å². The third-order valence-electron chi connectivity index (χ3n) is 8.96. The summed E-state index contributed by atoms with van der Waals surface area (Å²) in [6.07, 6.45) is 20.9. The topological polar surface area (TPSA) is 43.4 Å². The average molecular weight is 433 g/mol. The Balaban J connectivity index is 1.35. The quantitative estimate of drug-likeness (QED) is 0.204. The molecule has 2 atom stereocenters.